The van der Waals surface area contributed by atoms with Gasteiger partial charge in [0, 0.05) is 5.69 Å². The number of amides is 1. The van der Waals surface area contributed by atoms with Crippen molar-refractivity contribution >= 4 is 74.8 Å². The first kappa shape index (κ1) is 33.8. The minimum absolute atomic E-state index is 0.255. The third-order valence-corrected chi connectivity index (χ3v) is 10.1. The molecule has 0 saturated heterocycles. The van der Waals surface area contributed by atoms with E-state index in [1.165, 1.54) is 11.3 Å². The number of carbonyl (C=O) groups excluding carboxylic acids is 1. The van der Waals surface area contributed by atoms with E-state index in [9.17, 15) is 9.59 Å². The molecule has 0 spiro atoms. The molecular formula is C36H28Cl2IN3O5S. The Balaban J connectivity index is 1.40. The van der Waals surface area contributed by atoms with Gasteiger partial charge in [-0.1, -0.05) is 70.9 Å². The number of fused-ring (bicyclic) bond motifs is 1. The summed E-state index contributed by atoms with van der Waals surface area (Å²) in [6, 6.07) is 24.9. The number of benzene rings is 4. The van der Waals surface area contributed by atoms with E-state index in [4.69, 9.17) is 42.4 Å². The lowest BCUT2D eigenvalue weighted by atomic mass is 9.95. The Hall–Kier alpha value is -4.10. The molecule has 1 amide bonds. The van der Waals surface area contributed by atoms with Crippen molar-refractivity contribution in [3.63, 3.8) is 0 Å². The summed E-state index contributed by atoms with van der Waals surface area (Å²) in [5, 5.41) is 3.89. The molecule has 48 heavy (non-hydrogen) atoms. The molecule has 0 radical (unpaired) electrons. The number of methoxy groups -OCH3 is 2. The summed E-state index contributed by atoms with van der Waals surface area (Å²) in [4.78, 5) is 33.3. The minimum Gasteiger partial charge on any atom is -0.497 e. The Morgan fingerprint density at radius 3 is 2.52 bits per heavy atom. The number of para-hydroxylation sites is 1. The minimum atomic E-state index is -0.742. The van der Waals surface area contributed by atoms with Crippen LogP contribution in [0.25, 0.3) is 6.08 Å². The SMILES string of the molecule is COc1cccc([C@H]2C(C(=O)Nc3ccccc3)=C(C)N=c3s/c(=C\c4cc(I)c(OCc5ccc(Cl)c(Cl)c5)c(OC)c4)c(=O)n32)c1. The molecule has 0 bridgehead atoms. The lowest BCUT2D eigenvalue weighted by Crippen LogP contribution is -2.40. The van der Waals surface area contributed by atoms with Crippen molar-refractivity contribution in [1.29, 1.82) is 0 Å². The number of nitrogens with zero attached hydrogens (tertiary/aromatic N) is 2. The number of carbonyl (C=O) groups is 1. The summed E-state index contributed by atoms with van der Waals surface area (Å²) < 4.78 is 20.1. The van der Waals surface area contributed by atoms with Crippen molar-refractivity contribution in [3.05, 3.63) is 146 Å². The van der Waals surface area contributed by atoms with E-state index in [0.717, 1.165) is 14.7 Å². The number of hydrogen-bond donors (Lipinski definition) is 1. The Kier molecular flexibility index (Phi) is 10.3. The highest BCUT2D eigenvalue weighted by molar-refractivity contribution is 14.1. The number of ether oxygens (including phenoxy) is 3. The highest BCUT2D eigenvalue weighted by atomic mass is 127. The molecule has 5 aromatic rings. The number of hydrogen-bond acceptors (Lipinski definition) is 7. The number of allylic oxidation sites excluding steroid dienone is 1. The van der Waals surface area contributed by atoms with Crippen LogP contribution >= 0.6 is 57.1 Å². The molecule has 244 valence electrons. The third kappa shape index (κ3) is 7.02. The number of rotatable bonds is 9. The van der Waals surface area contributed by atoms with Crippen molar-refractivity contribution in [2.24, 2.45) is 4.99 Å². The standard InChI is InChI=1S/C36H28Cl2IN3O5S/c1-20-31(34(43)41-24-9-5-4-6-10-24)32(23-8-7-11-25(18-23)45-2)42-35(44)30(48-36(42)40-20)17-22-15-28(39)33(29(16-22)46-3)47-19-21-12-13-26(37)27(38)14-21/h4-18,32H,19H2,1-3H3,(H,41,43)/b30-17-/t32-/m0/s1. The molecular weight excluding hydrogens is 784 g/mol. The van der Waals surface area contributed by atoms with Gasteiger partial charge >= 0.3 is 0 Å². The zero-order valence-electron chi connectivity index (χ0n) is 25.9. The predicted octanol–water partition coefficient (Wildman–Crippen LogP) is 7.38. The van der Waals surface area contributed by atoms with Gasteiger partial charge in [-0.3, -0.25) is 14.2 Å². The molecule has 2 heterocycles. The van der Waals surface area contributed by atoms with Gasteiger partial charge in [0.1, 0.15) is 12.4 Å². The van der Waals surface area contributed by atoms with Gasteiger partial charge in [-0.25, -0.2) is 4.99 Å². The molecule has 1 aliphatic rings. The normalized spacial score (nSPS) is 14.3. The van der Waals surface area contributed by atoms with Crippen LogP contribution in [0.3, 0.4) is 0 Å². The van der Waals surface area contributed by atoms with E-state index in [-0.39, 0.29) is 18.1 Å². The van der Waals surface area contributed by atoms with Crippen LogP contribution in [0.15, 0.2) is 106 Å². The van der Waals surface area contributed by atoms with Crippen LogP contribution in [0.1, 0.15) is 29.7 Å². The summed E-state index contributed by atoms with van der Waals surface area (Å²) in [5.41, 5.74) is 3.54. The van der Waals surface area contributed by atoms with Crippen LogP contribution in [0, 0.1) is 3.57 Å². The summed E-state index contributed by atoms with van der Waals surface area (Å²) in [7, 11) is 3.14. The van der Waals surface area contributed by atoms with E-state index >= 15 is 0 Å². The summed E-state index contributed by atoms with van der Waals surface area (Å²) >= 11 is 15.7. The summed E-state index contributed by atoms with van der Waals surface area (Å²) in [6.07, 6.45) is 1.79. The van der Waals surface area contributed by atoms with Gasteiger partial charge in [-0.05, 0) is 101 Å². The second-order valence-electron chi connectivity index (χ2n) is 10.7. The smallest absolute Gasteiger partial charge is 0.271 e. The largest absolute Gasteiger partial charge is 0.497 e. The zero-order valence-corrected chi connectivity index (χ0v) is 30.4. The van der Waals surface area contributed by atoms with Crippen molar-refractivity contribution < 1.29 is 19.0 Å². The summed E-state index contributed by atoms with van der Waals surface area (Å²) in [6.45, 7) is 2.04. The fourth-order valence-electron chi connectivity index (χ4n) is 5.36. The Morgan fingerprint density at radius 1 is 1.00 bits per heavy atom. The van der Waals surface area contributed by atoms with Gasteiger partial charge in [-0.15, -0.1) is 0 Å². The molecule has 0 saturated carbocycles. The van der Waals surface area contributed by atoms with Crippen LogP contribution in [-0.2, 0) is 11.4 Å². The maximum atomic E-state index is 14.2. The van der Waals surface area contributed by atoms with E-state index in [0.29, 0.717) is 59.1 Å². The highest BCUT2D eigenvalue weighted by Crippen LogP contribution is 2.36. The topological polar surface area (TPSA) is 91.2 Å². The van der Waals surface area contributed by atoms with Crippen molar-refractivity contribution in [2.45, 2.75) is 19.6 Å². The Bertz CT molecular complexity index is 2250. The van der Waals surface area contributed by atoms with E-state index in [1.807, 2.05) is 72.8 Å². The molecule has 12 heteroatoms. The van der Waals surface area contributed by atoms with Gasteiger partial charge in [0.05, 0.1) is 49.7 Å². The van der Waals surface area contributed by atoms with Crippen molar-refractivity contribution in [3.8, 4) is 17.2 Å². The van der Waals surface area contributed by atoms with Gasteiger partial charge in [-0.2, -0.15) is 0 Å². The van der Waals surface area contributed by atoms with Crippen molar-refractivity contribution in [2.75, 3.05) is 19.5 Å². The second kappa shape index (κ2) is 14.6. The first-order valence-corrected chi connectivity index (χ1v) is 17.3. The summed E-state index contributed by atoms with van der Waals surface area (Å²) in [5.74, 6) is 1.33. The number of nitrogens with one attached hydrogen (secondary N) is 1. The van der Waals surface area contributed by atoms with E-state index in [2.05, 4.69) is 27.9 Å². The van der Waals surface area contributed by atoms with Gasteiger partial charge < -0.3 is 19.5 Å². The highest BCUT2D eigenvalue weighted by Gasteiger charge is 2.33. The number of halogens is 3. The van der Waals surface area contributed by atoms with Crippen LogP contribution < -0.4 is 34.4 Å². The van der Waals surface area contributed by atoms with E-state index < -0.39 is 6.04 Å². The van der Waals surface area contributed by atoms with Gasteiger partial charge in [0.2, 0.25) is 0 Å². The molecule has 6 rings (SSSR count). The first-order chi connectivity index (χ1) is 23.2. The maximum Gasteiger partial charge on any atom is 0.271 e. The monoisotopic (exact) mass is 811 g/mol. The fourth-order valence-corrected chi connectivity index (χ4v) is 7.51. The number of anilines is 1. The Morgan fingerprint density at radius 2 is 1.79 bits per heavy atom. The number of thiazole rings is 1. The molecule has 8 nitrogen and oxygen atoms in total. The average molecular weight is 813 g/mol. The lowest BCUT2D eigenvalue weighted by molar-refractivity contribution is -0.113. The quantitative estimate of drug-likeness (QED) is 0.157. The van der Waals surface area contributed by atoms with Crippen LogP contribution in [-0.4, -0.2) is 24.7 Å². The molecule has 1 aliphatic heterocycles. The molecule has 1 N–H and O–H groups in total. The second-order valence-corrected chi connectivity index (χ2v) is 13.7. The van der Waals surface area contributed by atoms with Crippen molar-refractivity contribution in [1.82, 2.24) is 4.57 Å². The molecule has 4 aromatic carbocycles. The molecule has 0 unspecified atom stereocenters. The molecule has 0 fully saturated rings. The van der Waals surface area contributed by atoms with Crippen LogP contribution in [0.5, 0.6) is 17.2 Å². The average Bonchev–Trinajstić information content (AvgIpc) is 3.38. The Labute approximate surface area is 304 Å². The molecule has 0 aliphatic carbocycles. The molecule has 1 atom stereocenters. The molecule has 1 aromatic heterocycles. The first-order valence-electron chi connectivity index (χ1n) is 14.6. The van der Waals surface area contributed by atoms with Gasteiger partial charge in [0.15, 0.2) is 16.3 Å². The zero-order chi connectivity index (χ0) is 33.9. The lowest BCUT2D eigenvalue weighted by Gasteiger charge is -2.25. The van der Waals surface area contributed by atoms with Gasteiger partial charge in [0.25, 0.3) is 11.5 Å². The fraction of sp³-hybridized carbons (Fsp3) is 0.139. The van der Waals surface area contributed by atoms with Crippen LogP contribution in [0.2, 0.25) is 10.0 Å². The predicted molar refractivity (Wildman–Crippen MR) is 198 cm³/mol. The maximum absolute atomic E-state index is 14.2. The van der Waals surface area contributed by atoms with Crippen LogP contribution in [0.4, 0.5) is 5.69 Å². The number of aromatic nitrogens is 1. The van der Waals surface area contributed by atoms with E-state index in [1.54, 1.807) is 43.9 Å². The third-order valence-electron chi connectivity index (χ3n) is 7.62.